The fourth-order valence-electron chi connectivity index (χ4n) is 3.20. The zero-order valence-corrected chi connectivity index (χ0v) is 19.4. The third-order valence-corrected chi connectivity index (χ3v) is 7.20. The number of nitrogens with zero attached hydrogens (tertiary/aromatic N) is 2. The lowest BCUT2D eigenvalue weighted by Gasteiger charge is -2.17. The Morgan fingerprint density at radius 1 is 1.16 bits per heavy atom. The van der Waals surface area contributed by atoms with E-state index in [1.54, 1.807) is 37.3 Å². The summed E-state index contributed by atoms with van der Waals surface area (Å²) in [5.74, 6) is 0.712. The van der Waals surface area contributed by atoms with E-state index in [-0.39, 0.29) is 4.90 Å². The first kappa shape index (κ1) is 22.4. The Kier molecular flexibility index (Phi) is 6.07. The van der Waals surface area contributed by atoms with Crippen molar-refractivity contribution in [3.8, 4) is 11.4 Å². The van der Waals surface area contributed by atoms with Crippen molar-refractivity contribution in [3.63, 3.8) is 0 Å². The second-order valence-corrected chi connectivity index (χ2v) is 10.1. The largest absolute Gasteiger partial charge is 0.339 e. The number of benzene rings is 2. The van der Waals surface area contributed by atoms with Crippen molar-refractivity contribution in [2.75, 3.05) is 5.32 Å². The van der Waals surface area contributed by atoms with Gasteiger partial charge in [0.1, 0.15) is 0 Å². The van der Waals surface area contributed by atoms with E-state index in [0.717, 1.165) is 18.4 Å². The van der Waals surface area contributed by atoms with Gasteiger partial charge in [-0.25, -0.2) is 8.42 Å². The van der Waals surface area contributed by atoms with Gasteiger partial charge in [0.15, 0.2) is 0 Å². The molecule has 0 aliphatic heterocycles. The minimum atomic E-state index is -4.00. The zero-order valence-electron chi connectivity index (χ0n) is 17.8. The van der Waals surface area contributed by atoms with Crippen LogP contribution < -0.4 is 10.0 Å². The van der Waals surface area contributed by atoms with Gasteiger partial charge in [-0.05, 0) is 62.9 Å². The van der Waals surface area contributed by atoms with Crippen molar-refractivity contribution in [3.05, 3.63) is 58.4 Å². The molecule has 8 nitrogen and oxygen atoms in total. The quantitative estimate of drug-likeness (QED) is 0.530. The van der Waals surface area contributed by atoms with Gasteiger partial charge in [0.05, 0.1) is 10.9 Å². The van der Waals surface area contributed by atoms with Gasteiger partial charge in [-0.2, -0.15) is 9.71 Å². The first-order chi connectivity index (χ1) is 15.1. The fraction of sp³-hybridized carbons (Fsp3) is 0.318. The maximum atomic E-state index is 13.1. The number of aromatic nitrogens is 2. The highest BCUT2D eigenvalue weighted by molar-refractivity contribution is 7.89. The second kappa shape index (κ2) is 8.65. The molecule has 4 rings (SSSR count). The molecule has 2 N–H and O–H groups in total. The molecule has 3 aromatic rings. The topological polar surface area (TPSA) is 114 Å². The normalized spacial score (nSPS) is 14.9. The molecule has 1 amide bonds. The van der Waals surface area contributed by atoms with E-state index in [9.17, 15) is 13.2 Å². The van der Waals surface area contributed by atoms with E-state index < -0.39 is 22.0 Å². The summed E-state index contributed by atoms with van der Waals surface area (Å²) in [5.41, 5.74) is 2.39. The number of halogens is 1. The van der Waals surface area contributed by atoms with Crippen LogP contribution in [0.2, 0.25) is 5.02 Å². The molecular formula is C22H23ClN4O4S. The van der Waals surface area contributed by atoms with Gasteiger partial charge in [-0.15, -0.1) is 0 Å². The molecule has 0 bridgehead atoms. The van der Waals surface area contributed by atoms with Crippen molar-refractivity contribution < 1.29 is 17.7 Å². The average molecular weight is 475 g/mol. The molecule has 1 atom stereocenters. The maximum absolute atomic E-state index is 13.1. The Hall–Kier alpha value is -2.75. The number of sulfonamides is 1. The summed E-state index contributed by atoms with van der Waals surface area (Å²) in [6.07, 6.45) is 2.04. The van der Waals surface area contributed by atoms with Crippen LogP contribution in [0.4, 0.5) is 5.69 Å². The molecule has 32 heavy (non-hydrogen) atoms. The van der Waals surface area contributed by atoms with Crippen LogP contribution in [0.5, 0.6) is 0 Å². The zero-order chi connectivity index (χ0) is 23.0. The van der Waals surface area contributed by atoms with Crippen LogP contribution in [0, 0.1) is 13.8 Å². The van der Waals surface area contributed by atoms with E-state index >= 15 is 0 Å². The van der Waals surface area contributed by atoms with Gasteiger partial charge in [0.25, 0.3) is 0 Å². The van der Waals surface area contributed by atoms with Gasteiger partial charge in [0.2, 0.25) is 27.6 Å². The highest BCUT2D eigenvalue weighted by Gasteiger charge is 2.30. The minimum Gasteiger partial charge on any atom is -0.339 e. The number of nitrogens with one attached hydrogen (secondary N) is 2. The third-order valence-electron chi connectivity index (χ3n) is 5.29. The molecule has 168 valence electrons. The lowest BCUT2D eigenvalue weighted by Crippen LogP contribution is -2.41. The van der Waals surface area contributed by atoms with Crippen molar-refractivity contribution in [2.24, 2.45) is 0 Å². The fourth-order valence-corrected chi connectivity index (χ4v) is 4.84. The molecule has 1 saturated carbocycles. The Balaban J connectivity index is 1.53. The smallest absolute Gasteiger partial charge is 0.242 e. The highest BCUT2D eigenvalue weighted by Crippen LogP contribution is 2.39. The van der Waals surface area contributed by atoms with Crippen LogP contribution in [-0.2, 0) is 14.8 Å². The first-order valence-electron chi connectivity index (χ1n) is 10.2. The second-order valence-electron chi connectivity index (χ2n) is 8.00. The van der Waals surface area contributed by atoms with Crippen LogP contribution in [0.1, 0.15) is 42.7 Å². The summed E-state index contributed by atoms with van der Waals surface area (Å²) in [6.45, 7) is 4.99. The Labute approximate surface area is 191 Å². The molecule has 1 aliphatic rings. The first-order valence-corrected chi connectivity index (χ1v) is 12.0. The highest BCUT2D eigenvalue weighted by atomic mass is 35.5. The summed E-state index contributed by atoms with van der Waals surface area (Å²) in [5, 5.41) is 7.16. The van der Waals surface area contributed by atoms with E-state index in [1.807, 2.05) is 6.92 Å². The van der Waals surface area contributed by atoms with Crippen LogP contribution >= 0.6 is 11.6 Å². The van der Waals surface area contributed by atoms with Crippen LogP contribution in [0.25, 0.3) is 11.4 Å². The molecule has 10 heteroatoms. The molecule has 1 heterocycles. The molecule has 1 aromatic heterocycles. The van der Waals surface area contributed by atoms with E-state index in [1.165, 1.54) is 13.0 Å². The lowest BCUT2D eigenvalue weighted by atomic mass is 10.1. The van der Waals surface area contributed by atoms with Crippen LogP contribution in [-0.4, -0.2) is 30.5 Å². The van der Waals surface area contributed by atoms with E-state index in [4.69, 9.17) is 16.1 Å². The van der Waals surface area contributed by atoms with E-state index in [2.05, 4.69) is 20.2 Å². The lowest BCUT2D eigenvalue weighted by molar-refractivity contribution is -0.117. The molecule has 0 spiro atoms. The van der Waals surface area contributed by atoms with Gasteiger partial charge < -0.3 is 9.84 Å². The third kappa shape index (κ3) is 4.85. The number of hydrogen-bond acceptors (Lipinski definition) is 6. The van der Waals surface area contributed by atoms with Gasteiger partial charge in [-0.3, -0.25) is 4.79 Å². The predicted molar refractivity (Wildman–Crippen MR) is 121 cm³/mol. The van der Waals surface area contributed by atoms with E-state index in [0.29, 0.717) is 39.5 Å². The van der Waals surface area contributed by atoms with Crippen molar-refractivity contribution in [1.29, 1.82) is 0 Å². The summed E-state index contributed by atoms with van der Waals surface area (Å²) in [7, 11) is -4.00. The number of carbonyl (C=O) groups excluding carboxylic acids is 1. The van der Waals surface area contributed by atoms with Crippen LogP contribution in [0.15, 0.2) is 45.8 Å². The number of anilines is 1. The number of hydrogen-bond donors (Lipinski definition) is 2. The Morgan fingerprint density at radius 3 is 2.59 bits per heavy atom. The molecule has 2 aromatic carbocycles. The minimum absolute atomic E-state index is 0.0476. The Bertz CT molecular complexity index is 1280. The summed E-state index contributed by atoms with van der Waals surface area (Å²) in [4.78, 5) is 17.0. The SMILES string of the molecule is Cc1ccc(Cl)cc1NC(=O)[C@H](C)NS(=O)(=O)c1cc(-c2noc(C3CC3)n2)ccc1C. The standard InChI is InChI=1S/C22H23ClN4O4S/c1-12-5-9-17(23)11-18(12)24-21(28)14(3)27-32(29,30)19-10-16(6-4-13(19)2)20-25-22(31-26-20)15-7-8-15/h4-6,9-11,14-15,27H,7-8H2,1-3H3,(H,24,28)/t14-/m0/s1. The summed E-state index contributed by atoms with van der Waals surface area (Å²) >= 11 is 5.99. The molecule has 0 radical (unpaired) electrons. The number of amides is 1. The maximum Gasteiger partial charge on any atom is 0.242 e. The average Bonchev–Trinajstić information content (AvgIpc) is 3.47. The van der Waals surface area contributed by atoms with Crippen molar-refractivity contribution >= 4 is 33.2 Å². The summed E-state index contributed by atoms with van der Waals surface area (Å²) < 4.78 is 33.9. The van der Waals surface area contributed by atoms with Gasteiger partial charge >= 0.3 is 0 Å². The van der Waals surface area contributed by atoms with Crippen LogP contribution in [0.3, 0.4) is 0 Å². The number of aryl methyl sites for hydroxylation is 2. The number of carbonyl (C=O) groups is 1. The van der Waals surface area contributed by atoms with Gasteiger partial charge in [0, 0.05) is 22.2 Å². The number of rotatable bonds is 7. The molecule has 1 fully saturated rings. The monoisotopic (exact) mass is 474 g/mol. The molecular weight excluding hydrogens is 452 g/mol. The summed E-state index contributed by atoms with van der Waals surface area (Å²) in [6, 6.07) is 8.99. The molecule has 0 unspecified atom stereocenters. The van der Waals surface area contributed by atoms with Crippen molar-refractivity contribution in [2.45, 2.75) is 50.5 Å². The van der Waals surface area contributed by atoms with Crippen molar-refractivity contribution in [1.82, 2.24) is 14.9 Å². The van der Waals surface area contributed by atoms with Gasteiger partial charge in [-0.1, -0.05) is 35.0 Å². The Morgan fingerprint density at radius 2 is 1.88 bits per heavy atom. The molecule has 1 aliphatic carbocycles. The molecule has 0 saturated heterocycles. The predicted octanol–water partition coefficient (Wildman–Crippen LogP) is 4.19.